The SMILES string of the molecule is CC(O)C(C)n1nnc(CC#N)c1C1CCCC1. The Kier molecular flexibility index (Phi) is 3.97. The molecule has 5 heteroatoms. The normalized spacial score (nSPS) is 19.7. The molecule has 1 fully saturated rings. The van der Waals surface area contributed by atoms with E-state index in [1.165, 1.54) is 12.8 Å². The first kappa shape index (κ1) is 13.0. The van der Waals surface area contributed by atoms with E-state index in [2.05, 4.69) is 16.4 Å². The average molecular weight is 248 g/mol. The molecule has 2 rings (SSSR count). The van der Waals surface area contributed by atoms with Crippen molar-refractivity contribution in [3.8, 4) is 6.07 Å². The van der Waals surface area contributed by atoms with Crippen LogP contribution in [0.25, 0.3) is 0 Å². The van der Waals surface area contributed by atoms with E-state index < -0.39 is 6.10 Å². The van der Waals surface area contributed by atoms with Crippen molar-refractivity contribution in [2.24, 2.45) is 0 Å². The molecule has 1 aromatic heterocycles. The van der Waals surface area contributed by atoms with Crippen molar-refractivity contribution in [2.75, 3.05) is 0 Å². The second-order valence-electron chi connectivity index (χ2n) is 5.16. The summed E-state index contributed by atoms with van der Waals surface area (Å²) >= 11 is 0. The number of nitriles is 1. The Morgan fingerprint density at radius 1 is 1.44 bits per heavy atom. The van der Waals surface area contributed by atoms with Crippen LogP contribution in [0, 0.1) is 11.3 Å². The van der Waals surface area contributed by atoms with Crippen molar-refractivity contribution >= 4 is 0 Å². The van der Waals surface area contributed by atoms with Crippen LogP contribution in [0.3, 0.4) is 0 Å². The molecule has 1 heterocycles. The molecule has 0 aromatic carbocycles. The van der Waals surface area contributed by atoms with Crippen LogP contribution in [0.2, 0.25) is 0 Å². The third-order valence-electron chi connectivity index (χ3n) is 3.88. The summed E-state index contributed by atoms with van der Waals surface area (Å²) in [5, 5.41) is 26.9. The minimum atomic E-state index is -0.471. The van der Waals surface area contributed by atoms with Gasteiger partial charge < -0.3 is 5.11 Å². The molecule has 0 aliphatic heterocycles. The second-order valence-corrected chi connectivity index (χ2v) is 5.16. The first-order chi connectivity index (χ1) is 8.65. The molecule has 0 bridgehead atoms. The van der Waals surface area contributed by atoms with Gasteiger partial charge in [0.15, 0.2) is 0 Å². The van der Waals surface area contributed by atoms with E-state index in [9.17, 15) is 5.11 Å². The predicted molar refractivity (Wildman–Crippen MR) is 66.9 cm³/mol. The van der Waals surface area contributed by atoms with E-state index in [1.807, 2.05) is 11.6 Å². The highest BCUT2D eigenvalue weighted by molar-refractivity contribution is 5.20. The monoisotopic (exact) mass is 248 g/mol. The Balaban J connectivity index is 2.37. The highest BCUT2D eigenvalue weighted by atomic mass is 16.3. The lowest BCUT2D eigenvalue weighted by Gasteiger charge is -2.20. The fourth-order valence-corrected chi connectivity index (χ4v) is 2.66. The molecule has 2 atom stereocenters. The molecule has 5 nitrogen and oxygen atoms in total. The van der Waals surface area contributed by atoms with Gasteiger partial charge in [-0.25, -0.2) is 4.68 Å². The van der Waals surface area contributed by atoms with Crippen molar-refractivity contribution in [3.05, 3.63) is 11.4 Å². The number of aromatic nitrogens is 3. The number of aliphatic hydroxyl groups excluding tert-OH is 1. The maximum absolute atomic E-state index is 9.73. The van der Waals surface area contributed by atoms with Crippen molar-refractivity contribution in [3.63, 3.8) is 0 Å². The number of hydrogen-bond acceptors (Lipinski definition) is 4. The lowest BCUT2D eigenvalue weighted by atomic mass is 10.00. The number of hydrogen-bond donors (Lipinski definition) is 1. The molecule has 0 amide bonds. The fraction of sp³-hybridized carbons (Fsp3) is 0.769. The largest absolute Gasteiger partial charge is 0.391 e. The molecule has 0 radical (unpaired) electrons. The quantitative estimate of drug-likeness (QED) is 0.883. The van der Waals surface area contributed by atoms with Crippen LogP contribution in [0.5, 0.6) is 0 Å². The van der Waals surface area contributed by atoms with Gasteiger partial charge in [-0.2, -0.15) is 5.26 Å². The van der Waals surface area contributed by atoms with Crippen molar-refractivity contribution in [1.82, 2.24) is 15.0 Å². The molecule has 1 aliphatic carbocycles. The minimum Gasteiger partial charge on any atom is -0.391 e. The van der Waals surface area contributed by atoms with Gasteiger partial charge in [-0.05, 0) is 26.7 Å². The molecule has 1 aromatic rings. The fourth-order valence-electron chi connectivity index (χ4n) is 2.66. The number of aliphatic hydroxyl groups is 1. The third kappa shape index (κ3) is 2.39. The molecule has 0 saturated heterocycles. The molecule has 18 heavy (non-hydrogen) atoms. The van der Waals surface area contributed by atoms with Gasteiger partial charge in [-0.1, -0.05) is 18.1 Å². The average Bonchev–Trinajstić information content (AvgIpc) is 2.96. The number of nitrogens with zero attached hydrogens (tertiary/aromatic N) is 4. The first-order valence-electron chi connectivity index (χ1n) is 6.64. The lowest BCUT2D eigenvalue weighted by molar-refractivity contribution is 0.129. The first-order valence-corrected chi connectivity index (χ1v) is 6.64. The third-order valence-corrected chi connectivity index (χ3v) is 3.88. The summed E-state index contributed by atoms with van der Waals surface area (Å²) in [7, 11) is 0. The van der Waals surface area contributed by atoms with Gasteiger partial charge in [0.2, 0.25) is 0 Å². The van der Waals surface area contributed by atoms with E-state index >= 15 is 0 Å². The topological polar surface area (TPSA) is 74.7 Å². The molecule has 0 spiro atoms. The predicted octanol–water partition coefficient (Wildman–Crippen LogP) is 1.94. The Labute approximate surface area is 107 Å². The Morgan fingerprint density at radius 2 is 2.11 bits per heavy atom. The zero-order valence-corrected chi connectivity index (χ0v) is 11.0. The zero-order chi connectivity index (χ0) is 13.1. The van der Waals surface area contributed by atoms with Crippen molar-refractivity contribution < 1.29 is 5.11 Å². The summed E-state index contributed by atoms with van der Waals surface area (Å²) in [5.74, 6) is 0.449. The van der Waals surface area contributed by atoms with Crippen molar-refractivity contribution in [2.45, 2.75) is 64.0 Å². The lowest BCUT2D eigenvalue weighted by Crippen LogP contribution is -2.22. The van der Waals surface area contributed by atoms with Gasteiger partial charge in [0, 0.05) is 5.92 Å². The van der Waals surface area contributed by atoms with Gasteiger partial charge in [0.1, 0.15) is 5.69 Å². The molecule has 98 valence electrons. The summed E-state index contributed by atoms with van der Waals surface area (Å²) in [6.07, 6.45) is 4.56. The molecular formula is C13H20N4O. The van der Waals surface area contributed by atoms with Crippen LogP contribution in [0.4, 0.5) is 0 Å². The van der Waals surface area contributed by atoms with E-state index in [-0.39, 0.29) is 6.04 Å². The van der Waals surface area contributed by atoms with Crippen LogP contribution in [0.15, 0.2) is 0 Å². The molecule has 1 aliphatic rings. The van der Waals surface area contributed by atoms with Crippen LogP contribution in [-0.4, -0.2) is 26.2 Å². The van der Waals surface area contributed by atoms with Crippen LogP contribution in [0.1, 0.15) is 62.9 Å². The van der Waals surface area contributed by atoms with Crippen molar-refractivity contribution in [1.29, 1.82) is 5.26 Å². The molecule has 1 saturated carbocycles. The summed E-state index contributed by atoms with van der Waals surface area (Å²) in [4.78, 5) is 0. The highest BCUT2D eigenvalue weighted by Crippen LogP contribution is 2.36. The van der Waals surface area contributed by atoms with E-state index in [1.54, 1.807) is 6.92 Å². The van der Waals surface area contributed by atoms with Crippen LogP contribution in [-0.2, 0) is 6.42 Å². The second kappa shape index (κ2) is 5.49. The maximum atomic E-state index is 9.73. The molecule has 2 unspecified atom stereocenters. The summed E-state index contributed by atoms with van der Waals surface area (Å²) in [6, 6.07) is 2.05. The summed E-state index contributed by atoms with van der Waals surface area (Å²) < 4.78 is 1.83. The van der Waals surface area contributed by atoms with Crippen LogP contribution < -0.4 is 0 Å². The molecule has 1 N–H and O–H groups in total. The summed E-state index contributed by atoms with van der Waals surface area (Å²) in [6.45, 7) is 3.70. The zero-order valence-electron chi connectivity index (χ0n) is 11.0. The van der Waals surface area contributed by atoms with E-state index in [0.717, 1.165) is 24.2 Å². The van der Waals surface area contributed by atoms with Gasteiger partial charge >= 0.3 is 0 Å². The Morgan fingerprint density at radius 3 is 2.67 bits per heavy atom. The van der Waals surface area contributed by atoms with Gasteiger partial charge in [0.05, 0.1) is 30.3 Å². The Hall–Kier alpha value is -1.41. The van der Waals surface area contributed by atoms with Gasteiger partial charge in [0.25, 0.3) is 0 Å². The minimum absolute atomic E-state index is 0.0967. The standard InChI is InChI=1S/C13H20N4O/c1-9(10(2)18)17-13(11-5-3-4-6-11)12(7-8-14)15-16-17/h9-11,18H,3-7H2,1-2H3. The van der Waals surface area contributed by atoms with E-state index in [0.29, 0.717) is 12.3 Å². The van der Waals surface area contributed by atoms with Gasteiger partial charge in [-0.15, -0.1) is 5.10 Å². The maximum Gasteiger partial charge on any atom is 0.100 e. The van der Waals surface area contributed by atoms with E-state index in [4.69, 9.17) is 5.26 Å². The molecular weight excluding hydrogens is 228 g/mol. The highest BCUT2D eigenvalue weighted by Gasteiger charge is 2.28. The smallest absolute Gasteiger partial charge is 0.100 e. The summed E-state index contributed by atoms with van der Waals surface area (Å²) in [5.41, 5.74) is 1.86. The van der Waals surface area contributed by atoms with Crippen LogP contribution >= 0.6 is 0 Å². The Bertz CT molecular complexity index is 440. The number of rotatable bonds is 4. The van der Waals surface area contributed by atoms with Gasteiger partial charge in [-0.3, -0.25) is 0 Å².